The van der Waals surface area contributed by atoms with E-state index in [1.54, 1.807) is 0 Å². The Kier molecular flexibility index (Phi) is 3.93. The molecule has 0 radical (unpaired) electrons. The molecule has 1 aromatic rings. The van der Waals surface area contributed by atoms with Crippen molar-refractivity contribution in [3.05, 3.63) is 23.9 Å². The van der Waals surface area contributed by atoms with Crippen LogP contribution in [0, 0.1) is 0 Å². The number of aliphatic hydroxyl groups excluding tert-OH is 1. The molecule has 0 spiro atoms. The number of nitrogens with zero attached hydrogens (tertiary/aromatic N) is 3. The Hall–Kier alpha value is -1.17. The molecule has 0 aromatic carbocycles. The van der Waals surface area contributed by atoms with Gasteiger partial charge in [-0.2, -0.15) is 0 Å². The van der Waals surface area contributed by atoms with Crippen LogP contribution >= 0.6 is 0 Å². The van der Waals surface area contributed by atoms with Crippen LogP contribution in [0.15, 0.2) is 18.2 Å². The number of piperazine rings is 1. The van der Waals surface area contributed by atoms with Crippen molar-refractivity contribution in [2.45, 2.75) is 6.04 Å². The highest BCUT2D eigenvalue weighted by Crippen LogP contribution is 2.16. The van der Waals surface area contributed by atoms with Gasteiger partial charge in [0.05, 0.1) is 18.3 Å². The third-order valence-corrected chi connectivity index (χ3v) is 3.16. The lowest BCUT2D eigenvalue weighted by Gasteiger charge is -2.33. The van der Waals surface area contributed by atoms with Crippen LogP contribution in [0.1, 0.15) is 11.7 Å². The van der Waals surface area contributed by atoms with Crippen LogP contribution in [-0.4, -0.2) is 54.8 Å². The molecule has 0 saturated carbocycles. The van der Waals surface area contributed by atoms with Crippen LogP contribution in [0.5, 0.6) is 0 Å². The summed E-state index contributed by atoms with van der Waals surface area (Å²) in [6, 6.07) is 5.42. The van der Waals surface area contributed by atoms with Gasteiger partial charge in [-0.15, -0.1) is 0 Å². The predicted molar refractivity (Wildman–Crippen MR) is 68.0 cm³/mol. The predicted octanol–water partition coefficient (Wildman–Crippen LogP) is -0.175. The highest BCUT2D eigenvalue weighted by Gasteiger charge is 2.16. The molecule has 0 aliphatic carbocycles. The smallest absolute Gasteiger partial charge is 0.128 e. The van der Waals surface area contributed by atoms with E-state index in [4.69, 9.17) is 10.8 Å². The molecule has 5 heteroatoms. The summed E-state index contributed by atoms with van der Waals surface area (Å²) in [5.41, 5.74) is 6.53. The maximum Gasteiger partial charge on any atom is 0.128 e. The van der Waals surface area contributed by atoms with Crippen LogP contribution in [-0.2, 0) is 0 Å². The van der Waals surface area contributed by atoms with Gasteiger partial charge in [0.1, 0.15) is 5.82 Å². The second-order valence-corrected chi connectivity index (χ2v) is 4.50. The van der Waals surface area contributed by atoms with Gasteiger partial charge in [-0.05, 0) is 19.2 Å². The van der Waals surface area contributed by atoms with Gasteiger partial charge in [0.15, 0.2) is 0 Å². The van der Waals surface area contributed by atoms with Gasteiger partial charge in [0.2, 0.25) is 0 Å². The van der Waals surface area contributed by atoms with Crippen molar-refractivity contribution < 1.29 is 5.11 Å². The Morgan fingerprint density at radius 1 is 1.35 bits per heavy atom. The fourth-order valence-electron chi connectivity index (χ4n) is 1.95. The highest BCUT2D eigenvalue weighted by molar-refractivity contribution is 5.40. The van der Waals surface area contributed by atoms with Gasteiger partial charge in [-0.25, -0.2) is 4.98 Å². The summed E-state index contributed by atoms with van der Waals surface area (Å²) in [6.45, 7) is 4.01. The van der Waals surface area contributed by atoms with Crippen LogP contribution in [0.4, 0.5) is 5.82 Å². The fraction of sp³-hybridized carbons (Fsp3) is 0.583. The molecular weight excluding hydrogens is 216 g/mol. The molecule has 3 N–H and O–H groups in total. The van der Waals surface area contributed by atoms with Crippen molar-refractivity contribution in [3.8, 4) is 0 Å². The first-order valence-corrected chi connectivity index (χ1v) is 5.97. The highest BCUT2D eigenvalue weighted by atomic mass is 16.3. The molecule has 5 nitrogen and oxygen atoms in total. The van der Waals surface area contributed by atoms with E-state index in [2.05, 4.69) is 21.8 Å². The monoisotopic (exact) mass is 236 g/mol. The molecule has 1 atom stereocenters. The Morgan fingerprint density at radius 2 is 2.06 bits per heavy atom. The number of aromatic nitrogens is 1. The van der Waals surface area contributed by atoms with Crippen LogP contribution in [0.25, 0.3) is 0 Å². The van der Waals surface area contributed by atoms with E-state index >= 15 is 0 Å². The van der Waals surface area contributed by atoms with E-state index in [1.807, 2.05) is 18.2 Å². The molecule has 2 heterocycles. The van der Waals surface area contributed by atoms with Gasteiger partial charge >= 0.3 is 0 Å². The Balaban J connectivity index is 2.10. The summed E-state index contributed by atoms with van der Waals surface area (Å²) in [5, 5.41) is 9.04. The molecule has 0 amide bonds. The third kappa shape index (κ3) is 2.94. The summed E-state index contributed by atoms with van der Waals surface area (Å²) >= 11 is 0. The van der Waals surface area contributed by atoms with Crippen LogP contribution < -0.4 is 10.6 Å². The summed E-state index contributed by atoms with van der Waals surface area (Å²) in [7, 11) is 2.13. The molecular formula is C12H20N4O. The normalized spacial score (nSPS) is 19.4. The number of pyridine rings is 1. The number of nitrogens with two attached hydrogens (primary N) is 1. The van der Waals surface area contributed by atoms with Gasteiger partial charge in [0.25, 0.3) is 0 Å². The zero-order valence-corrected chi connectivity index (χ0v) is 10.2. The average Bonchev–Trinajstić information content (AvgIpc) is 2.39. The lowest BCUT2D eigenvalue weighted by molar-refractivity contribution is 0.265. The van der Waals surface area contributed by atoms with Crippen molar-refractivity contribution in [2.75, 3.05) is 44.7 Å². The summed E-state index contributed by atoms with van der Waals surface area (Å²) in [5.74, 6) is 0.958. The van der Waals surface area contributed by atoms with E-state index in [9.17, 15) is 0 Å². The van der Waals surface area contributed by atoms with E-state index in [1.165, 1.54) is 0 Å². The molecule has 1 fully saturated rings. The Labute approximate surface area is 102 Å². The van der Waals surface area contributed by atoms with Gasteiger partial charge in [0, 0.05) is 26.2 Å². The molecule has 94 valence electrons. The van der Waals surface area contributed by atoms with E-state index in [-0.39, 0.29) is 12.6 Å². The number of anilines is 1. The van der Waals surface area contributed by atoms with Crippen molar-refractivity contribution >= 4 is 5.82 Å². The van der Waals surface area contributed by atoms with Gasteiger partial charge in [-0.1, -0.05) is 6.07 Å². The van der Waals surface area contributed by atoms with Gasteiger partial charge in [-0.3, -0.25) is 0 Å². The number of hydrogen-bond acceptors (Lipinski definition) is 5. The zero-order valence-electron chi connectivity index (χ0n) is 10.2. The molecule has 1 aromatic heterocycles. The minimum absolute atomic E-state index is 0.0702. The third-order valence-electron chi connectivity index (χ3n) is 3.16. The van der Waals surface area contributed by atoms with Crippen molar-refractivity contribution in [1.29, 1.82) is 0 Å². The Bertz CT molecular complexity index is 363. The molecule has 1 unspecified atom stereocenters. The van der Waals surface area contributed by atoms with E-state index < -0.39 is 0 Å². The zero-order chi connectivity index (χ0) is 12.3. The van der Waals surface area contributed by atoms with Gasteiger partial charge < -0.3 is 20.6 Å². The first-order chi connectivity index (χ1) is 8.20. The molecule has 2 rings (SSSR count). The van der Waals surface area contributed by atoms with E-state index in [0.717, 1.165) is 37.7 Å². The lowest BCUT2D eigenvalue weighted by Crippen LogP contribution is -2.44. The second kappa shape index (κ2) is 5.44. The fourth-order valence-corrected chi connectivity index (χ4v) is 1.95. The molecule has 17 heavy (non-hydrogen) atoms. The minimum Gasteiger partial charge on any atom is -0.394 e. The topological polar surface area (TPSA) is 65.6 Å². The number of aliphatic hydroxyl groups is 1. The van der Waals surface area contributed by atoms with E-state index in [0.29, 0.717) is 0 Å². The van der Waals surface area contributed by atoms with Crippen molar-refractivity contribution in [3.63, 3.8) is 0 Å². The van der Waals surface area contributed by atoms with Crippen LogP contribution in [0.2, 0.25) is 0 Å². The molecule has 1 aliphatic heterocycles. The summed E-state index contributed by atoms with van der Waals surface area (Å²) in [6.07, 6.45) is 0. The van der Waals surface area contributed by atoms with Crippen molar-refractivity contribution in [2.24, 2.45) is 5.73 Å². The number of hydrogen-bond donors (Lipinski definition) is 2. The second-order valence-electron chi connectivity index (χ2n) is 4.50. The number of rotatable bonds is 3. The Morgan fingerprint density at radius 3 is 2.71 bits per heavy atom. The van der Waals surface area contributed by atoms with Crippen molar-refractivity contribution in [1.82, 2.24) is 9.88 Å². The largest absolute Gasteiger partial charge is 0.394 e. The standard InChI is InChI=1S/C12H20N4O/c1-15-5-7-16(8-6-15)12-4-2-3-11(14-12)10(13)9-17/h2-4,10,17H,5-9,13H2,1H3. The maximum absolute atomic E-state index is 9.04. The first kappa shape index (κ1) is 12.3. The molecule has 0 bridgehead atoms. The first-order valence-electron chi connectivity index (χ1n) is 5.97. The maximum atomic E-state index is 9.04. The molecule has 1 saturated heterocycles. The average molecular weight is 236 g/mol. The summed E-state index contributed by atoms with van der Waals surface area (Å²) in [4.78, 5) is 9.08. The number of likely N-dealkylation sites (N-methyl/N-ethyl adjacent to an activating group) is 1. The SMILES string of the molecule is CN1CCN(c2cccc(C(N)CO)n2)CC1. The van der Waals surface area contributed by atoms with Crippen LogP contribution in [0.3, 0.4) is 0 Å². The lowest BCUT2D eigenvalue weighted by atomic mass is 10.2. The quantitative estimate of drug-likeness (QED) is 0.762. The minimum atomic E-state index is -0.387. The summed E-state index contributed by atoms with van der Waals surface area (Å²) < 4.78 is 0. The molecule has 1 aliphatic rings.